The van der Waals surface area contributed by atoms with Gasteiger partial charge in [-0.15, -0.1) is 0 Å². The summed E-state index contributed by atoms with van der Waals surface area (Å²) in [7, 11) is 1.64. The molecule has 1 aliphatic heterocycles. The van der Waals surface area contributed by atoms with Gasteiger partial charge in [0.15, 0.2) is 11.5 Å². The van der Waals surface area contributed by atoms with Gasteiger partial charge in [-0.2, -0.15) is 0 Å². The van der Waals surface area contributed by atoms with Crippen LogP contribution in [0.4, 0.5) is 5.69 Å². The Bertz CT molecular complexity index is 796. The Labute approximate surface area is 146 Å². The normalized spacial score (nSPS) is 17.0. The van der Waals surface area contributed by atoms with Crippen molar-refractivity contribution in [1.29, 1.82) is 0 Å². The van der Waals surface area contributed by atoms with Crippen molar-refractivity contribution in [2.75, 3.05) is 12.4 Å². The lowest BCUT2D eigenvalue weighted by Crippen LogP contribution is -2.34. The molecule has 0 radical (unpaired) electrons. The molecule has 1 N–H and O–H groups in total. The maximum atomic E-state index is 12.5. The number of carbonyl (C=O) groups excluding carboxylic acids is 1. The molecule has 1 heterocycles. The van der Waals surface area contributed by atoms with Crippen LogP contribution in [0.15, 0.2) is 42.5 Å². The summed E-state index contributed by atoms with van der Waals surface area (Å²) in [4.78, 5) is 12.5. The molecule has 1 fully saturated rings. The zero-order valence-electron chi connectivity index (χ0n) is 14.2. The van der Waals surface area contributed by atoms with E-state index in [4.69, 9.17) is 14.2 Å². The molecule has 0 atom stereocenters. The summed E-state index contributed by atoms with van der Waals surface area (Å²) in [6, 6.07) is 12.9. The molecule has 25 heavy (non-hydrogen) atoms. The minimum Gasteiger partial charge on any atom is -0.448 e. The van der Waals surface area contributed by atoms with Gasteiger partial charge in [0.2, 0.25) is 0 Å². The van der Waals surface area contributed by atoms with E-state index in [9.17, 15) is 4.79 Å². The van der Waals surface area contributed by atoms with E-state index >= 15 is 0 Å². The van der Waals surface area contributed by atoms with Crippen LogP contribution < -0.4 is 14.8 Å². The van der Waals surface area contributed by atoms with Crippen molar-refractivity contribution < 1.29 is 19.0 Å². The van der Waals surface area contributed by atoms with Gasteiger partial charge in [-0.05, 0) is 42.7 Å². The molecule has 5 nitrogen and oxygen atoms in total. The molecule has 2 aromatic rings. The van der Waals surface area contributed by atoms with Gasteiger partial charge in [0, 0.05) is 37.3 Å². The van der Waals surface area contributed by atoms with E-state index in [1.807, 2.05) is 36.4 Å². The van der Waals surface area contributed by atoms with Gasteiger partial charge in [0.05, 0.1) is 6.61 Å². The van der Waals surface area contributed by atoms with Gasteiger partial charge in [0.25, 0.3) is 11.7 Å². The quantitative estimate of drug-likeness (QED) is 0.910. The van der Waals surface area contributed by atoms with Gasteiger partial charge in [-0.3, -0.25) is 4.79 Å². The molecule has 130 valence electrons. The van der Waals surface area contributed by atoms with Crippen molar-refractivity contribution in [2.24, 2.45) is 0 Å². The zero-order valence-corrected chi connectivity index (χ0v) is 14.2. The topological polar surface area (TPSA) is 56.8 Å². The van der Waals surface area contributed by atoms with Crippen molar-refractivity contribution in [3.63, 3.8) is 0 Å². The Kier molecular flexibility index (Phi) is 4.09. The maximum Gasteiger partial charge on any atom is 0.255 e. The second-order valence-electron chi connectivity index (χ2n) is 6.57. The Morgan fingerprint density at radius 1 is 1.12 bits per heavy atom. The first-order valence-corrected chi connectivity index (χ1v) is 8.59. The summed E-state index contributed by atoms with van der Waals surface area (Å²) in [6.07, 6.45) is 4.07. The van der Waals surface area contributed by atoms with Crippen molar-refractivity contribution in [1.82, 2.24) is 0 Å². The van der Waals surface area contributed by atoms with Gasteiger partial charge in [-0.1, -0.05) is 12.1 Å². The number of methoxy groups -OCH3 is 1. The Balaban J connectivity index is 1.49. The lowest BCUT2D eigenvalue weighted by atomic mass is 10.1. The van der Waals surface area contributed by atoms with Crippen LogP contribution >= 0.6 is 0 Å². The molecule has 0 aromatic heterocycles. The van der Waals surface area contributed by atoms with Crippen LogP contribution in [0.25, 0.3) is 0 Å². The maximum absolute atomic E-state index is 12.5. The number of nitrogens with one attached hydrogen (secondary N) is 1. The highest BCUT2D eigenvalue weighted by Gasteiger charge is 2.44. The van der Waals surface area contributed by atoms with Crippen molar-refractivity contribution in [2.45, 2.75) is 38.1 Å². The standard InChI is InChI=1S/C20H21NO4/c1-23-13-14-5-4-6-15(11-14)19(22)21-16-7-8-17-18(12-16)25-20(24-17)9-2-3-10-20/h4-8,11-12H,2-3,9-10,13H2,1H3,(H,21,22). The smallest absolute Gasteiger partial charge is 0.255 e. The van der Waals surface area contributed by atoms with E-state index in [-0.39, 0.29) is 5.91 Å². The fourth-order valence-corrected chi connectivity index (χ4v) is 3.46. The number of fused-ring (bicyclic) bond motifs is 1. The summed E-state index contributed by atoms with van der Waals surface area (Å²) in [5.74, 6) is 0.807. The molecule has 4 rings (SSSR count). The van der Waals surface area contributed by atoms with Gasteiger partial charge < -0.3 is 19.5 Å². The lowest BCUT2D eigenvalue weighted by molar-refractivity contribution is -0.0716. The van der Waals surface area contributed by atoms with Crippen molar-refractivity contribution in [3.05, 3.63) is 53.6 Å². The van der Waals surface area contributed by atoms with Crippen molar-refractivity contribution >= 4 is 11.6 Å². The molecule has 0 unspecified atom stereocenters. The Morgan fingerprint density at radius 2 is 1.92 bits per heavy atom. The van der Waals surface area contributed by atoms with Crippen LogP contribution in [0.5, 0.6) is 11.5 Å². The fraction of sp³-hybridized carbons (Fsp3) is 0.350. The average Bonchev–Trinajstić information content (AvgIpc) is 3.21. The molecule has 1 aliphatic carbocycles. The number of hydrogen-bond donors (Lipinski definition) is 1. The second kappa shape index (κ2) is 6.41. The summed E-state index contributed by atoms with van der Waals surface area (Å²) < 4.78 is 17.2. The summed E-state index contributed by atoms with van der Waals surface area (Å²) in [6.45, 7) is 0.479. The molecule has 1 amide bonds. The predicted molar refractivity (Wildman–Crippen MR) is 94.0 cm³/mol. The van der Waals surface area contributed by atoms with Crippen LogP contribution in [0.1, 0.15) is 41.6 Å². The molecule has 2 aliphatic rings. The van der Waals surface area contributed by atoms with Crippen molar-refractivity contribution in [3.8, 4) is 11.5 Å². The highest BCUT2D eigenvalue weighted by Crippen LogP contribution is 2.47. The SMILES string of the molecule is COCc1cccc(C(=O)Nc2ccc3c(c2)OC2(CCCC2)O3)c1. The molecule has 1 spiro atoms. The Morgan fingerprint density at radius 3 is 2.72 bits per heavy atom. The van der Waals surface area contributed by atoms with E-state index in [0.717, 1.165) is 37.0 Å². The fourth-order valence-electron chi connectivity index (χ4n) is 3.46. The zero-order chi connectivity index (χ0) is 17.3. The molecule has 0 bridgehead atoms. The highest BCUT2D eigenvalue weighted by molar-refractivity contribution is 6.04. The average molecular weight is 339 g/mol. The number of benzene rings is 2. The second-order valence-corrected chi connectivity index (χ2v) is 6.57. The van der Waals surface area contributed by atoms with Gasteiger partial charge >= 0.3 is 0 Å². The summed E-state index contributed by atoms with van der Waals surface area (Å²) >= 11 is 0. The number of anilines is 1. The third kappa shape index (κ3) is 3.20. The number of hydrogen-bond acceptors (Lipinski definition) is 4. The minimum atomic E-state index is -0.487. The highest BCUT2D eigenvalue weighted by atomic mass is 16.7. The van der Waals surface area contributed by atoms with Crippen LogP contribution in [0.2, 0.25) is 0 Å². The van der Waals surface area contributed by atoms with Crippen LogP contribution in [0.3, 0.4) is 0 Å². The van der Waals surface area contributed by atoms with Gasteiger partial charge in [-0.25, -0.2) is 0 Å². The number of carbonyl (C=O) groups is 1. The van der Waals surface area contributed by atoms with Crippen LogP contribution in [-0.4, -0.2) is 18.8 Å². The van der Waals surface area contributed by atoms with Gasteiger partial charge in [0.1, 0.15) is 0 Å². The molecule has 0 saturated heterocycles. The van der Waals surface area contributed by atoms with E-state index in [0.29, 0.717) is 23.6 Å². The van der Waals surface area contributed by atoms with E-state index in [1.165, 1.54) is 0 Å². The van der Waals surface area contributed by atoms with Crippen LogP contribution in [0, 0.1) is 0 Å². The first-order chi connectivity index (χ1) is 12.2. The number of ether oxygens (including phenoxy) is 3. The molecular formula is C20H21NO4. The third-order valence-electron chi connectivity index (χ3n) is 4.66. The Hall–Kier alpha value is -2.53. The summed E-state index contributed by atoms with van der Waals surface area (Å²) in [5.41, 5.74) is 2.25. The third-order valence-corrected chi connectivity index (χ3v) is 4.66. The minimum absolute atomic E-state index is 0.160. The largest absolute Gasteiger partial charge is 0.448 e. The first-order valence-electron chi connectivity index (χ1n) is 8.59. The monoisotopic (exact) mass is 339 g/mol. The summed E-state index contributed by atoms with van der Waals surface area (Å²) in [5, 5.41) is 2.92. The molecular weight excluding hydrogens is 318 g/mol. The molecule has 2 aromatic carbocycles. The van der Waals surface area contributed by atoms with E-state index < -0.39 is 5.79 Å². The van der Waals surface area contributed by atoms with E-state index in [1.54, 1.807) is 13.2 Å². The lowest BCUT2D eigenvalue weighted by Gasteiger charge is -2.21. The predicted octanol–water partition coefficient (Wildman–Crippen LogP) is 4.13. The molecule has 5 heteroatoms. The molecule has 1 saturated carbocycles. The number of rotatable bonds is 4. The van der Waals surface area contributed by atoms with Crippen LogP contribution in [-0.2, 0) is 11.3 Å². The first kappa shape index (κ1) is 16.0. The van der Waals surface area contributed by atoms with E-state index in [2.05, 4.69) is 5.32 Å². The number of amides is 1.